The maximum Gasteiger partial charge on any atom is 0.420 e. The van der Waals surface area contributed by atoms with Gasteiger partial charge in [0.1, 0.15) is 0 Å². The molecule has 0 N–H and O–H groups in total. The lowest BCUT2D eigenvalue weighted by Gasteiger charge is -2.11. The van der Waals surface area contributed by atoms with Crippen LogP contribution in [0.2, 0.25) is 0 Å². The van der Waals surface area contributed by atoms with Gasteiger partial charge in [-0.2, -0.15) is 18.3 Å². The summed E-state index contributed by atoms with van der Waals surface area (Å²) in [6, 6.07) is 4.90. The highest BCUT2D eigenvalue weighted by Gasteiger charge is 2.30. The van der Waals surface area contributed by atoms with Crippen LogP contribution in [0.3, 0.4) is 0 Å². The van der Waals surface area contributed by atoms with Crippen molar-refractivity contribution in [2.45, 2.75) is 86.1 Å². The highest BCUT2D eigenvalue weighted by molar-refractivity contribution is 5.90. The first-order valence-corrected chi connectivity index (χ1v) is 14.1. The van der Waals surface area contributed by atoms with Gasteiger partial charge >= 0.3 is 18.0 Å². The number of nitrogens with zero attached hydrogens (tertiary/aromatic N) is 6. The highest BCUT2D eigenvalue weighted by atomic mass is 19.4. The van der Waals surface area contributed by atoms with E-state index in [-0.39, 0.29) is 43.2 Å². The molecule has 13 heteroatoms. The van der Waals surface area contributed by atoms with Gasteiger partial charge in [-0.05, 0) is 37.5 Å². The number of hydrogen-bond donors (Lipinski definition) is 0. The van der Waals surface area contributed by atoms with Crippen molar-refractivity contribution in [3.05, 3.63) is 68.6 Å². The van der Waals surface area contributed by atoms with Crippen LogP contribution >= 0.6 is 0 Å². The molecule has 4 aromatic rings. The van der Waals surface area contributed by atoms with Crippen molar-refractivity contribution < 1.29 is 22.7 Å². The number of ether oxygens (including phenoxy) is 1. The molecule has 0 atom stereocenters. The number of imidazole rings is 1. The van der Waals surface area contributed by atoms with Crippen molar-refractivity contribution >= 4 is 17.3 Å². The van der Waals surface area contributed by atoms with Crippen LogP contribution in [0.5, 0.6) is 0 Å². The maximum absolute atomic E-state index is 13.4. The smallest absolute Gasteiger partial charge is 0.420 e. The summed E-state index contributed by atoms with van der Waals surface area (Å²) in [5.41, 5.74) is -1.34. The molecule has 3 aromatic heterocycles. The lowest BCUT2D eigenvalue weighted by atomic mass is 10.1. The lowest BCUT2D eigenvalue weighted by molar-refractivity contribution is -0.137. The number of halogens is 3. The normalized spacial score (nSPS) is 11.4. The van der Waals surface area contributed by atoms with Gasteiger partial charge in [-0.15, -0.1) is 0 Å². The summed E-state index contributed by atoms with van der Waals surface area (Å²) in [4.78, 5) is 44.2. The Morgan fingerprint density at radius 2 is 1.74 bits per heavy atom. The summed E-state index contributed by atoms with van der Waals surface area (Å²) in [5, 5.41) is 4.23. The van der Waals surface area contributed by atoms with Gasteiger partial charge in [0.05, 0.1) is 30.5 Å². The largest absolute Gasteiger partial charge is 0.449 e. The molecule has 0 bridgehead atoms. The second-order valence-electron chi connectivity index (χ2n) is 9.73. The van der Waals surface area contributed by atoms with Crippen molar-refractivity contribution in [3.63, 3.8) is 0 Å². The van der Waals surface area contributed by atoms with Crippen molar-refractivity contribution in [2.24, 2.45) is 0 Å². The average Bonchev–Trinajstić information content (AvgIpc) is 3.57. The van der Waals surface area contributed by atoms with Crippen LogP contribution in [-0.2, 0) is 30.5 Å². The molecule has 0 saturated heterocycles. The number of hydrogen-bond acceptors (Lipinski definition) is 6. The first kappa shape index (κ1) is 32.4. The first-order chi connectivity index (χ1) is 20.0. The Hall–Kier alpha value is -4.16. The zero-order valence-electron chi connectivity index (χ0n) is 24.6. The molecule has 0 spiro atoms. The Bertz CT molecular complexity index is 1630. The topological polar surface area (TPSA) is 106 Å². The number of rotatable bonds is 9. The number of carbonyl (C=O) groups is 1. The van der Waals surface area contributed by atoms with Crippen molar-refractivity contribution in [2.75, 3.05) is 6.61 Å². The Labute approximate surface area is 241 Å². The van der Waals surface area contributed by atoms with E-state index < -0.39 is 29.1 Å². The molecule has 0 unspecified atom stereocenters. The minimum absolute atomic E-state index is 0.0219. The van der Waals surface area contributed by atoms with Crippen LogP contribution in [0.1, 0.15) is 71.4 Å². The van der Waals surface area contributed by atoms with Crippen molar-refractivity contribution in [3.8, 4) is 11.4 Å². The zero-order chi connectivity index (χ0) is 31.0. The second-order valence-corrected chi connectivity index (χ2v) is 9.73. The van der Waals surface area contributed by atoms with Gasteiger partial charge in [0.15, 0.2) is 17.0 Å². The summed E-state index contributed by atoms with van der Waals surface area (Å²) in [7, 11) is 0. The third kappa shape index (κ3) is 7.00. The summed E-state index contributed by atoms with van der Waals surface area (Å²) < 4.78 is 49.7. The van der Waals surface area contributed by atoms with Gasteiger partial charge in [-0.3, -0.25) is 18.6 Å². The third-order valence-electron chi connectivity index (χ3n) is 6.18. The summed E-state index contributed by atoms with van der Waals surface area (Å²) in [6.07, 6.45) is 0.768. The van der Waals surface area contributed by atoms with Crippen LogP contribution < -0.4 is 11.2 Å². The van der Waals surface area contributed by atoms with E-state index in [1.54, 1.807) is 13.0 Å². The Balaban J connectivity index is 0.00000155. The third-order valence-corrected chi connectivity index (χ3v) is 6.18. The molecule has 42 heavy (non-hydrogen) atoms. The van der Waals surface area contributed by atoms with Crippen molar-refractivity contribution in [1.29, 1.82) is 0 Å². The Morgan fingerprint density at radius 3 is 2.36 bits per heavy atom. The van der Waals surface area contributed by atoms with Crippen LogP contribution in [0.15, 0.2) is 46.2 Å². The molecule has 1 aromatic carbocycles. The number of aromatic nitrogens is 6. The maximum atomic E-state index is 13.4. The van der Waals surface area contributed by atoms with Crippen LogP contribution in [0, 0.1) is 0 Å². The highest BCUT2D eigenvalue weighted by Crippen LogP contribution is 2.30. The monoisotopic (exact) mass is 590 g/mol. The van der Waals surface area contributed by atoms with Gasteiger partial charge in [-0.25, -0.2) is 19.1 Å². The van der Waals surface area contributed by atoms with Crippen LogP contribution in [0.4, 0.5) is 18.0 Å². The van der Waals surface area contributed by atoms with Gasteiger partial charge < -0.3 is 4.74 Å². The number of fused-ring (bicyclic) bond motifs is 1. The predicted molar refractivity (Wildman–Crippen MR) is 154 cm³/mol. The van der Waals surface area contributed by atoms with E-state index in [0.29, 0.717) is 24.0 Å². The molecule has 0 aliphatic rings. The van der Waals surface area contributed by atoms with Crippen LogP contribution in [0.25, 0.3) is 22.6 Å². The number of benzene rings is 1. The molecule has 0 amide bonds. The van der Waals surface area contributed by atoms with E-state index in [0.717, 1.165) is 27.7 Å². The SMILES string of the molecule is CCC.CCCCOC(=O)n1c(-c2cnn(Cc3cccc(C(F)(F)F)c3)c2)nc2c1c(=O)n(CCC)c(=O)n2CC. The number of aryl methyl sites for hydroxylation is 1. The lowest BCUT2D eigenvalue weighted by Crippen LogP contribution is -2.40. The zero-order valence-corrected chi connectivity index (χ0v) is 24.6. The van der Waals surface area contributed by atoms with E-state index in [1.165, 1.54) is 34.1 Å². The van der Waals surface area contributed by atoms with Crippen molar-refractivity contribution in [1.82, 2.24) is 28.5 Å². The molecular formula is C29H37F3N6O4. The van der Waals surface area contributed by atoms with E-state index in [9.17, 15) is 27.6 Å². The fraction of sp³-hybridized carbons (Fsp3) is 0.483. The fourth-order valence-corrected chi connectivity index (χ4v) is 4.28. The van der Waals surface area contributed by atoms with E-state index in [2.05, 4.69) is 23.9 Å². The number of unbranched alkanes of at least 4 members (excludes halogenated alkanes) is 1. The molecule has 0 radical (unpaired) electrons. The quantitative estimate of drug-likeness (QED) is 0.224. The molecule has 10 nitrogen and oxygen atoms in total. The minimum Gasteiger partial charge on any atom is -0.449 e. The molecular weight excluding hydrogens is 553 g/mol. The average molecular weight is 591 g/mol. The van der Waals surface area contributed by atoms with Gasteiger partial charge in [0.2, 0.25) is 0 Å². The minimum atomic E-state index is -4.48. The number of alkyl halides is 3. The summed E-state index contributed by atoms with van der Waals surface area (Å²) >= 11 is 0. The van der Waals surface area contributed by atoms with Gasteiger partial charge in [-0.1, -0.05) is 52.7 Å². The summed E-state index contributed by atoms with van der Waals surface area (Å²) in [6.45, 7) is 10.3. The standard InChI is InChI=1S/C26H29F3N6O4.C3H8/c1-4-7-12-39-25(38)35-20-22(33(6-3)24(37)34(11-5-2)23(20)36)31-21(35)18-14-30-32(16-18)15-17-9-8-10-19(13-17)26(27,28)29;1-3-2/h8-10,13-14,16H,4-7,11-12,15H2,1-3H3;3H2,1-2H3. The summed E-state index contributed by atoms with van der Waals surface area (Å²) in [5.74, 6) is 0.0368. The number of carbonyl (C=O) groups excluding carboxylic acids is 1. The predicted octanol–water partition coefficient (Wildman–Crippen LogP) is 5.92. The molecule has 228 valence electrons. The van der Waals surface area contributed by atoms with E-state index in [4.69, 9.17) is 4.74 Å². The molecule has 3 heterocycles. The molecule has 0 saturated carbocycles. The molecule has 0 aliphatic carbocycles. The molecule has 4 rings (SSSR count). The second kappa shape index (κ2) is 14.1. The van der Waals surface area contributed by atoms with E-state index >= 15 is 0 Å². The fourth-order valence-electron chi connectivity index (χ4n) is 4.28. The Morgan fingerprint density at radius 1 is 1.02 bits per heavy atom. The molecule has 0 aliphatic heterocycles. The Kier molecular flexibility index (Phi) is 10.9. The van der Waals surface area contributed by atoms with E-state index in [1.807, 2.05) is 13.8 Å². The van der Waals surface area contributed by atoms with Gasteiger partial charge in [0.25, 0.3) is 5.56 Å². The van der Waals surface area contributed by atoms with Crippen LogP contribution in [-0.4, -0.2) is 41.2 Å². The molecule has 0 fully saturated rings. The van der Waals surface area contributed by atoms with Gasteiger partial charge in [0, 0.05) is 19.3 Å². The first-order valence-electron chi connectivity index (χ1n) is 14.1.